The Bertz CT molecular complexity index is 1030. The summed E-state index contributed by atoms with van der Waals surface area (Å²) in [5.74, 6) is -1.44. The van der Waals surface area contributed by atoms with E-state index in [1.54, 1.807) is 0 Å². The van der Waals surface area contributed by atoms with Crippen LogP contribution in [-0.2, 0) is 12.8 Å². The number of hydrogen-bond donors (Lipinski definition) is 3. The number of nitrogen functional groups attached to an aromatic ring is 1. The van der Waals surface area contributed by atoms with Crippen LogP contribution in [0, 0.1) is 11.6 Å². The molecule has 1 aliphatic carbocycles. The zero-order valence-electron chi connectivity index (χ0n) is 14.9. The molecule has 1 aromatic heterocycles. The van der Waals surface area contributed by atoms with Crippen LogP contribution >= 0.6 is 0 Å². The maximum Gasteiger partial charge on any atom is 0.270 e. The minimum Gasteiger partial charge on any atom is -0.399 e. The van der Waals surface area contributed by atoms with Crippen molar-refractivity contribution in [3.05, 3.63) is 83.1 Å². The number of aromatic nitrogens is 1. The van der Waals surface area contributed by atoms with Gasteiger partial charge < -0.3 is 16.4 Å². The van der Waals surface area contributed by atoms with E-state index in [4.69, 9.17) is 5.73 Å². The molecule has 3 aromatic rings. The maximum absolute atomic E-state index is 13.8. The molecule has 7 heteroatoms. The Labute approximate surface area is 160 Å². The van der Waals surface area contributed by atoms with E-state index in [1.807, 2.05) is 12.1 Å². The van der Waals surface area contributed by atoms with E-state index in [-0.39, 0.29) is 34.8 Å². The van der Waals surface area contributed by atoms with E-state index >= 15 is 0 Å². The highest BCUT2D eigenvalue weighted by atomic mass is 19.1. The zero-order chi connectivity index (χ0) is 19.7. The standard InChI is InChI=1S/C21H18F2N4O/c22-14-5-6-17(23)18(9-14)26-20-11-15(24)10-19(27-20)21(28)25-16-7-12-3-1-2-4-13(12)8-16/h1-6,9-11,16H,7-8H2,(H,25,28)(H3,24,26,27). The fourth-order valence-electron chi connectivity index (χ4n) is 3.38. The van der Waals surface area contributed by atoms with Crippen LogP contribution in [0.5, 0.6) is 0 Å². The van der Waals surface area contributed by atoms with Gasteiger partial charge in [0.25, 0.3) is 5.91 Å². The number of rotatable bonds is 4. The third-order valence-corrected chi connectivity index (χ3v) is 4.66. The molecular formula is C21H18F2N4O. The molecule has 2 aromatic carbocycles. The first-order valence-electron chi connectivity index (χ1n) is 8.85. The van der Waals surface area contributed by atoms with Gasteiger partial charge in [0.1, 0.15) is 23.1 Å². The Morgan fingerprint density at radius 2 is 1.75 bits per heavy atom. The molecule has 0 atom stereocenters. The van der Waals surface area contributed by atoms with Crippen molar-refractivity contribution in [2.75, 3.05) is 11.1 Å². The van der Waals surface area contributed by atoms with Gasteiger partial charge in [-0.25, -0.2) is 13.8 Å². The second-order valence-corrected chi connectivity index (χ2v) is 6.77. The van der Waals surface area contributed by atoms with Gasteiger partial charge in [0.05, 0.1) is 5.69 Å². The predicted octanol–water partition coefficient (Wildman–Crippen LogP) is 3.58. The largest absolute Gasteiger partial charge is 0.399 e. The van der Waals surface area contributed by atoms with Gasteiger partial charge >= 0.3 is 0 Å². The lowest BCUT2D eigenvalue weighted by Crippen LogP contribution is -2.35. The van der Waals surface area contributed by atoms with E-state index in [2.05, 4.69) is 27.8 Å². The third kappa shape index (κ3) is 3.78. The minimum atomic E-state index is -0.639. The lowest BCUT2D eigenvalue weighted by molar-refractivity contribution is 0.0933. The number of nitrogens with zero attached hydrogens (tertiary/aromatic N) is 1. The normalized spacial score (nSPS) is 13.2. The first kappa shape index (κ1) is 17.9. The molecule has 4 rings (SSSR count). The van der Waals surface area contributed by atoms with Gasteiger partial charge in [-0.3, -0.25) is 4.79 Å². The Balaban J connectivity index is 1.51. The topological polar surface area (TPSA) is 80.0 Å². The van der Waals surface area contributed by atoms with E-state index < -0.39 is 11.6 Å². The molecule has 1 aliphatic rings. The highest BCUT2D eigenvalue weighted by Gasteiger charge is 2.23. The summed E-state index contributed by atoms with van der Waals surface area (Å²) in [6, 6.07) is 14.0. The first-order valence-corrected chi connectivity index (χ1v) is 8.85. The van der Waals surface area contributed by atoms with Crippen LogP contribution in [0.3, 0.4) is 0 Å². The quantitative estimate of drug-likeness (QED) is 0.646. The number of anilines is 3. The summed E-state index contributed by atoms with van der Waals surface area (Å²) >= 11 is 0. The average Bonchev–Trinajstić information content (AvgIpc) is 3.06. The summed E-state index contributed by atoms with van der Waals surface area (Å²) < 4.78 is 27.2. The van der Waals surface area contributed by atoms with Gasteiger partial charge in [0.15, 0.2) is 0 Å². The second kappa shape index (κ2) is 7.26. The number of pyridine rings is 1. The summed E-state index contributed by atoms with van der Waals surface area (Å²) in [6.07, 6.45) is 1.51. The highest BCUT2D eigenvalue weighted by Crippen LogP contribution is 2.23. The molecule has 0 spiro atoms. The Kier molecular flexibility index (Phi) is 4.65. The molecule has 0 saturated carbocycles. The molecule has 0 fully saturated rings. The van der Waals surface area contributed by atoms with E-state index in [0.717, 1.165) is 31.0 Å². The Hall–Kier alpha value is -3.48. The van der Waals surface area contributed by atoms with Crippen LogP contribution in [0.15, 0.2) is 54.6 Å². The summed E-state index contributed by atoms with van der Waals surface area (Å²) in [7, 11) is 0. The monoisotopic (exact) mass is 380 g/mol. The SMILES string of the molecule is Nc1cc(Nc2cc(F)ccc2F)nc(C(=O)NC2Cc3ccccc3C2)c1. The van der Waals surface area contributed by atoms with Gasteiger partial charge in [-0.15, -0.1) is 0 Å². The zero-order valence-corrected chi connectivity index (χ0v) is 14.9. The summed E-state index contributed by atoms with van der Waals surface area (Å²) in [4.78, 5) is 16.8. The molecule has 1 heterocycles. The Morgan fingerprint density at radius 3 is 2.46 bits per heavy atom. The number of carbonyl (C=O) groups is 1. The number of hydrogen-bond acceptors (Lipinski definition) is 4. The van der Waals surface area contributed by atoms with E-state index in [1.165, 1.54) is 23.3 Å². The van der Waals surface area contributed by atoms with Crippen LogP contribution < -0.4 is 16.4 Å². The highest BCUT2D eigenvalue weighted by molar-refractivity contribution is 5.94. The molecule has 1 amide bonds. The van der Waals surface area contributed by atoms with E-state index in [9.17, 15) is 13.6 Å². The molecule has 142 valence electrons. The van der Waals surface area contributed by atoms with Crippen molar-refractivity contribution in [2.24, 2.45) is 0 Å². The first-order chi connectivity index (χ1) is 13.5. The average molecular weight is 380 g/mol. The van der Waals surface area contributed by atoms with Crippen molar-refractivity contribution >= 4 is 23.1 Å². The van der Waals surface area contributed by atoms with Crippen molar-refractivity contribution in [3.8, 4) is 0 Å². The van der Waals surface area contributed by atoms with Crippen molar-refractivity contribution in [3.63, 3.8) is 0 Å². The second-order valence-electron chi connectivity index (χ2n) is 6.77. The number of benzene rings is 2. The number of nitrogens with one attached hydrogen (secondary N) is 2. The lowest BCUT2D eigenvalue weighted by Gasteiger charge is -2.13. The van der Waals surface area contributed by atoms with E-state index in [0.29, 0.717) is 0 Å². The van der Waals surface area contributed by atoms with Gasteiger partial charge in [-0.2, -0.15) is 0 Å². The molecule has 0 saturated heterocycles. The number of fused-ring (bicyclic) bond motifs is 1. The van der Waals surface area contributed by atoms with Gasteiger partial charge in [0.2, 0.25) is 0 Å². The van der Waals surface area contributed by atoms with Crippen LogP contribution in [0.2, 0.25) is 0 Å². The Morgan fingerprint density at radius 1 is 1.04 bits per heavy atom. The van der Waals surface area contributed by atoms with Crippen LogP contribution in [0.1, 0.15) is 21.6 Å². The number of nitrogens with two attached hydrogens (primary N) is 1. The van der Waals surface area contributed by atoms with Crippen LogP contribution in [0.4, 0.5) is 26.0 Å². The molecule has 0 unspecified atom stereocenters. The van der Waals surface area contributed by atoms with Gasteiger partial charge in [-0.1, -0.05) is 24.3 Å². The number of amides is 1. The number of carbonyl (C=O) groups excluding carboxylic acids is 1. The maximum atomic E-state index is 13.8. The molecule has 0 radical (unpaired) electrons. The molecular weight excluding hydrogens is 362 g/mol. The smallest absolute Gasteiger partial charge is 0.270 e. The van der Waals surface area contributed by atoms with Crippen molar-refractivity contribution < 1.29 is 13.6 Å². The third-order valence-electron chi connectivity index (χ3n) is 4.66. The van der Waals surface area contributed by atoms with Crippen LogP contribution in [-0.4, -0.2) is 16.9 Å². The van der Waals surface area contributed by atoms with Crippen molar-refractivity contribution in [1.82, 2.24) is 10.3 Å². The predicted molar refractivity (Wildman–Crippen MR) is 103 cm³/mol. The summed E-state index contributed by atoms with van der Waals surface area (Å²) in [5, 5.41) is 5.63. The molecule has 28 heavy (non-hydrogen) atoms. The van der Waals surface area contributed by atoms with Crippen molar-refractivity contribution in [1.29, 1.82) is 0 Å². The van der Waals surface area contributed by atoms with Crippen LogP contribution in [0.25, 0.3) is 0 Å². The minimum absolute atomic E-state index is 0.0230. The number of halogens is 2. The molecule has 0 bridgehead atoms. The van der Waals surface area contributed by atoms with Gasteiger partial charge in [-0.05, 0) is 42.2 Å². The summed E-state index contributed by atoms with van der Waals surface area (Å²) in [5.41, 5.74) is 8.61. The molecule has 0 aliphatic heterocycles. The van der Waals surface area contributed by atoms with Gasteiger partial charge in [0, 0.05) is 23.9 Å². The lowest BCUT2D eigenvalue weighted by atomic mass is 10.1. The van der Waals surface area contributed by atoms with Crippen molar-refractivity contribution in [2.45, 2.75) is 18.9 Å². The molecule has 4 N–H and O–H groups in total. The molecule has 5 nitrogen and oxygen atoms in total. The summed E-state index contributed by atoms with van der Waals surface area (Å²) in [6.45, 7) is 0. The fourth-order valence-corrected chi connectivity index (χ4v) is 3.38. The fraction of sp³-hybridized carbons (Fsp3) is 0.143.